The van der Waals surface area contributed by atoms with Crippen LogP contribution in [0.4, 0.5) is 0 Å². The van der Waals surface area contributed by atoms with E-state index in [1.165, 1.54) is 6.26 Å². The molecule has 1 unspecified atom stereocenters. The van der Waals surface area contributed by atoms with Crippen LogP contribution in [0.5, 0.6) is 17.2 Å². The molecule has 1 aliphatic heterocycles. The first-order chi connectivity index (χ1) is 13.4. The van der Waals surface area contributed by atoms with E-state index < -0.39 is 18.0 Å². The topological polar surface area (TPSA) is 104 Å². The Morgan fingerprint density at radius 3 is 2.68 bits per heavy atom. The van der Waals surface area contributed by atoms with Crippen molar-refractivity contribution in [1.29, 1.82) is 0 Å². The highest BCUT2D eigenvalue weighted by atomic mass is 16.7. The van der Waals surface area contributed by atoms with E-state index in [0.717, 1.165) is 0 Å². The molecule has 0 saturated carbocycles. The molecule has 9 heteroatoms. The van der Waals surface area contributed by atoms with Gasteiger partial charge < -0.3 is 28.6 Å². The van der Waals surface area contributed by atoms with Crippen LogP contribution in [0.1, 0.15) is 18.3 Å². The number of carbonyl (C=O) groups is 2. The van der Waals surface area contributed by atoms with Crippen molar-refractivity contribution in [2.24, 2.45) is 0 Å². The maximum Gasteiger partial charge on any atom is 0.418 e. The van der Waals surface area contributed by atoms with Crippen molar-refractivity contribution >= 4 is 11.9 Å². The minimum Gasteiger partial charge on any atom is -0.486 e. The second kappa shape index (κ2) is 8.22. The fraction of sp³-hybridized carbons (Fsp3) is 0.368. The maximum atomic E-state index is 11.5. The molecule has 9 nitrogen and oxygen atoms in total. The summed E-state index contributed by atoms with van der Waals surface area (Å²) >= 11 is 0. The molecule has 28 heavy (non-hydrogen) atoms. The number of nitrogens with zero attached hydrogens (tertiary/aromatic N) is 1. The second-order valence-corrected chi connectivity index (χ2v) is 6.67. The van der Waals surface area contributed by atoms with Gasteiger partial charge in [0.05, 0.1) is 6.26 Å². The number of fused-ring (bicyclic) bond motifs is 1. The summed E-state index contributed by atoms with van der Waals surface area (Å²) in [5, 5.41) is 8.80. The van der Waals surface area contributed by atoms with Gasteiger partial charge in [-0.25, -0.2) is 9.59 Å². The number of benzene rings is 1. The van der Waals surface area contributed by atoms with Crippen molar-refractivity contribution in [3.63, 3.8) is 0 Å². The SMILES string of the molecule is C[N+](C)(CCC(OC(=O)C(=O)O)c1ccco1)Oc1cccc2c1OCCO2. The van der Waals surface area contributed by atoms with Crippen LogP contribution in [0.15, 0.2) is 41.0 Å². The van der Waals surface area contributed by atoms with Crippen LogP contribution < -0.4 is 14.3 Å². The maximum absolute atomic E-state index is 11.5. The highest BCUT2D eigenvalue weighted by Gasteiger charge is 2.30. The Kier molecular flexibility index (Phi) is 5.74. The molecule has 0 fully saturated rings. The number of hydrogen-bond donors (Lipinski definition) is 1. The third-order valence-electron chi connectivity index (χ3n) is 4.09. The molecular weight excluding hydrogens is 370 g/mol. The summed E-state index contributed by atoms with van der Waals surface area (Å²) in [6.07, 6.45) is 0.872. The van der Waals surface area contributed by atoms with E-state index in [0.29, 0.717) is 42.8 Å². The van der Waals surface area contributed by atoms with Gasteiger partial charge in [0.1, 0.15) is 39.6 Å². The summed E-state index contributed by atoms with van der Waals surface area (Å²) in [5.41, 5.74) is 0. The monoisotopic (exact) mass is 392 g/mol. The Morgan fingerprint density at radius 1 is 1.18 bits per heavy atom. The number of carbonyl (C=O) groups excluding carboxylic acids is 1. The molecule has 1 aromatic carbocycles. The van der Waals surface area contributed by atoms with Gasteiger partial charge in [0.15, 0.2) is 11.9 Å². The normalized spacial score (nSPS) is 14.2. The predicted octanol–water partition coefficient (Wildman–Crippen LogP) is 2.18. The third-order valence-corrected chi connectivity index (χ3v) is 4.09. The Labute approximate surface area is 161 Å². The van der Waals surface area contributed by atoms with Crippen molar-refractivity contribution in [2.45, 2.75) is 12.5 Å². The smallest absolute Gasteiger partial charge is 0.418 e. The molecule has 1 aromatic heterocycles. The van der Waals surface area contributed by atoms with Crippen LogP contribution in [-0.4, -0.2) is 55.5 Å². The van der Waals surface area contributed by atoms with E-state index in [1.54, 1.807) is 24.3 Å². The Morgan fingerprint density at radius 2 is 1.96 bits per heavy atom. The number of hydrogen-bond acceptors (Lipinski definition) is 7. The lowest BCUT2D eigenvalue weighted by atomic mass is 10.2. The number of furan rings is 1. The first-order valence-corrected chi connectivity index (χ1v) is 8.74. The second-order valence-electron chi connectivity index (χ2n) is 6.67. The molecule has 2 aromatic rings. The van der Waals surface area contributed by atoms with Gasteiger partial charge in [0.25, 0.3) is 0 Å². The van der Waals surface area contributed by atoms with Gasteiger partial charge in [0, 0.05) is 6.42 Å². The summed E-state index contributed by atoms with van der Waals surface area (Å²) in [5.74, 6) is -0.944. The van der Waals surface area contributed by atoms with Crippen molar-refractivity contribution in [1.82, 2.24) is 0 Å². The van der Waals surface area contributed by atoms with E-state index in [-0.39, 0.29) is 11.1 Å². The van der Waals surface area contributed by atoms with Crippen LogP contribution in [0.3, 0.4) is 0 Å². The van der Waals surface area contributed by atoms with E-state index in [2.05, 4.69) is 0 Å². The highest BCUT2D eigenvalue weighted by Crippen LogP contribution is 2.40. The zero-order valence-electron chi connectivity index (χ0n) is 15.6. The first-order valence-electron chi connectivity index (χ1n) is 8.74. The van der Waals surface area contributed by atoms with Gasteiger partial charge in [-0.1, -0.05) is 6.07 Å². The molecule has 0 spiro atoms. The molecule has 1 atom stereocenters. The minimum atomic E-state index is -1.66. The molecular formula is C19H22NO8+. The molecule has 150 valence electrons. The number of esters is 1. The summed E-state index contributed by atoms with van der Waals surface area (Å²) in [6.45, 7) is 1.31. The molecule has 0 amide bonds. The van der Waals surface area contributed by atoms with E-state index >= 15 is 0 Å². The number of para-hydroxylation sites is 1. The van der Waals surface area contributed by atoms with E-state index in [1.807, 2.05) is 20.2 Å². The number of hydroxylamine groups is 3. The quantitative estimate of drug-likeness (QED) is 0.331. The largest absolute Gasteiger partial charge is 0.486 e. The lowest BCUT2D eigenvalue weighted by molar-refractivity contribution is -1.05. The van der Waals surface area contributed by atoms with E-state index in [9.17, 15) is 9.59 Å². The van der Waals surface area contributed by atoms with Crippen molar-refractivity contribution in [2.75, 3.05) is 33.9 Å². The van der Waals surface area contributed by atoms with Crippen LogP contribution in [0.2, 0.25) is 0 Å². The number of carboxylic acids is 1. The summed E-state index contributed by atoms with van der Waals surface area (Å²) in [4.78, 5) is 28.4. The third kappa shape index (κ3) is 4.74. The lowest BCUT2D eigenvalue weighted by Crippen LogP contribution is -2.44. The summed E-state index contributed by atoms with van der Waals surface area (Å²) in [7, 11) is 3.64. The molecule has 1 N–H and O–H groups in total. The fourth-order valence-electron chi connectivity index (χ4n) is 2.77. The zero-order chi connectivity index (χ0) is 20.1. The van der Waals surface area contributed by atoms with Crippen molar-refractivity contribution in [3.05, 3.63) is 42.4 Å². The van der Waals surface area contributed by atoms with Gasteiger partial charge in [-0.05, 0) is 24.3 Å². The molecule has 0 radical (unpaired) electrons. The lowest BCUT2D eigenvalue weighted by Gasteiger charge is -2.30. The molecule has 3 rings (SSSR count). The Balaban J connectivity index is 1.68. The van der Waals surface area contributed by atoms with Gasteiger partial charge in [0.2, 0.25) is 11.5 Å². The van der Waals surface area contributed by atoms with Gasteiger partial charge >= 0.3 is 11.9 Å². The van der Waals surface area contributed by atoms with E-state index in [4.69, 9.17) is 28.6 Å². The van der Waals surface area contributed by atoms with Crippen molar-refractivity contribution in [3.8, 4) is 17.2 Å². The minimum absolute atomic E-state index is 0.0711. The van der Waals surface area contributed by atoms with Crippen molar-refractivity contribution < 1.29 is 42.8 Å². The van der Waals surface area contributed by atoms with Gasteiger partial charge in [-0.2, -0.15) is 0 Å². The Hall–Kier alpha value is -3.20. The highest BCUT2D eigenvalue weighted by molar-refractivity contribution is 6.28. The first kappa shape index (κ1) is 19.6. The zero-order valence-corrected chi connectivity index (χ0v) is 15.6. The average molecular weight is 392 g/mol. The molecule has 0 bridgehead atoms. The van der Waals surface area contributed by atoms with Crippen LogP contribution in [-0.2, 0) is 14.3 Å². The summed E-state index contributed by atoms with van der Waals surface area (Å²) in [6, 6.07) is 8.66. The van der Waals surface area contributed by atoms with Gasteiger partial charge in [-0.3, -0.25) is 0 Å². The van der Waals surface area contributed by atoms with Crippen LogP contribution in [0.25, 0.3) is 0 Å². The number of rotatable bonds is 7. The number of aliphatic carboxylic acids is 1. The number of carboxylic acid groups (broad SMARTS) is 1. The van der Waals surface area contributed by atoms with Gasteiger partial charge in [-0.15, -0.1) is 4.65 Å². The number of ether oxygens (including phenoxy) is 3. The standard InChI is InChI=1S/C19H21NO8/c1-20(2,28-16-6-3-5-15-17(16)26-12-11-25-15)9-8-14(13-7-4-10-24-13)27-19(23)18(21)22/h3-7,10,14H,8-9,11-12H2,1-2H3/p+1. The average Bonchev–Trinajstić information content (AvgIpc) is 3.19. The Bertz CT molecular complexity index is 830. The predicted molar refractivity (Wildman–Crippen MR) is 94.8 cm³/mol. The van der Waals surface area contributed by atoms with Crippen LogP contribution >= 0.6 is 0 Å². The fourth-order valence-corrected chi connectivity index (χ4v) is 2.77. The van der Waals surface area contributed by atoms with Crippen LogP contribution in [0, 0.1) is 0 Å². The number of quaternary nitrogens is 1. The molecule has 2 heterocycles. The molecule has 0 saturated heterocycles. The molecule has 1 aliphatic rings. The summed E-state index contributed by atoms with van der Waals surface area (Å²) < 4.78 is 21.6. The molecule has 0 aliphatic carbocycles.